The lowest BCUT2D eigenvalue weighted by Gasteiger charge is -2.26. The van der Waals surface area contributed by atoms with Crippen molar-refractivity contribution in [2.24, 2.45) is 16.5 Å². The van der Waals surface area contributed by atoms with Crippen molar-refractivity contribution in [2.45, 2.75) is 50.7 Å². The minimum Gasteiger partial charge on any atom is -0.598 e. The Bertz CT molecular complexity index is 238. The summed E-state index contributed by atoms with van der Waals surface area (Å²) >= 11 is -1.20. The molecule has 0 radical (unpaired) electrons. The third-order valence-corrected chi connectivity index (χ3v) is 4.96. The van der Waals surface area contributed by atoms with Crippen LogP contribution in [0.1, 0.15) is 45.4 Å². The second-order valence-corrected chi connectivity index (χ2v) is 6.66. The van der Waals surface area contributed by atoms with Gasteiger partial charge in [-0.2, -0.15) is 5.14 Å². The molecule has 2 nitrogen and oxygen atoms in total. The summed E-state index contributed by atoms with van der Waals surface area (Å²) in [6.45, 7) is 1.91. The first-order valence-corrected chi connectivity index (χ1v) is 7.22. The maximum Gasteiger partial charge on any atom is 0.150 e. The lowest BCUT2D eigenvalue weighted by Crippen LogP contribution is -2.24. The predicted octanol–water partition coefficient (Wildman–Crippen LogP) is 2.52. The molecule has 2 N–H and O–H groups in total. The zero-order valence-electron chi connectivity index (χ0n) is 9.45. The fourth-order valence-electron chi connectivity index (χ4n) is 2.51. The number of nitrogens with two attached hydrogens (primary N) is 1. The summed E-state index contributed by atoms with van der Waals surface area (Å²) in [5, 5.41) is 5.33. The van der Waals surface area contributed by atoms with E-state index in [1.165, 1.54) is 38.5 Å². The highest BCUT2D eigenvalue weighted by atomic mass is 32.2. The van der Waals surface area contributed by atoms with Crippen molar-refractivity contribution < 1.29 is 4.55 Å². The van der Waals surface area contributed by atoms with E-state index in [2.05, 4.69) is 6.08 Å². The quantitative estimate of drug-likeness (QED) is 0.595. The zero-order chi connectivity index (χ0) is 10.9. The Kier molecular flexibility index (Phi) is 3.43. The van der Waals surface area contributed by atoms with Crippen molar-refractivity contribution in [2.75, 3.05) is 0 Å². The zero-order valence-corrected chi connectivity index (χ0v) is 10.3. The van der Waals surface area contributed by atoms with Crippen molar-refractivity contribution in [1.82, 2.24) is 0 Å². The summed E-state index contributed by atoms with van der Waals surface area (Å²) in [5.41, 5.74) is 0.770. The van der Waals surface area contributed by atoms with Crippen molar-refractivity contribution >= 4 is 11.4 Å². The predicted molar refractivity (Wildman–Crippen MR) is 64.6 cm³/mol. The lowest BCUT2D eigenvalue weighted by molar-refractivity contribution is 0.290. The molecule has 2 aliphatic carbocycles. The summed E-state index contributed by atoms with van der Waals surface area (Å²) in [7, 11) is 0. The van der Waals surface area contributed by atoms with Crippen LogP contribution in [-0.4, -0.2) is 9.80 Å². The van der Waals surface area contributed by atoms with E-state index in [0.717, 1.165) is 5.41 Å². The van der Waals surface area contributed by atoms with Crippen LogP contribution < -0.4 is 5.14 Å². The Morgan fingerprint density at radius 1 is 1.33 bits per heavy atom. The van der Waals surface area contributed by atoms with Crippen molar-refractivity contribution in [3.8, 4) is 0 Å². The molecule has 0 saturated heterocycles. The van der Waals surface area contributed by atoms with E-state index in [9.17, 15) is 4.55 Å². The largest absolute Gasteiger partial charge is 0.598 e. The van der Waals surface area contributed by atoms with Gasteiger partial charge in [0, 0.05) is 11.4 Å². The van der Waals surface area contributed by atoms with E-state index >= 15 is 0 Å². The molecule has 0 heterocycles. The molecule has 1 spiro atoms. The summed E-state index contributed by atoms with van der Waals surface area (Å²) in [6.07, 6.45) is 12.7. The highest BCUT2D eigenvalue weighted by molar-refractivity contribution is 7.89. The molecule has 2 rings (SSSR count). The lowest BCUT2D eigenvalue weighted by atomic mass is 9.79. The second-order valence-electron chi connectivity index (χ2n) is 5.26. The van der Waals surface area contributed by atoms with Crippen LogP contribution in [0.15, 0.2) is 12.2 Å². The minimum atomic E-state index is -1.20. The Morgan fingerprint density at radius 3 is 2.40 bits per heavy atom. The van der Waals surface area contributed by atoms with Gasteiger partial charge in [0.2, 0.25) is 0 Å². The Hall–Kier alpha value is 0.01000. The fraction of sp³-hybridized carbons (Fsp3) is 0.833. The van der Waals surface area contributed by atoms with E-state index in [1.807, 2.05) is 13.0 Å². The molecule has 2 unspecified atom stereocenters. The second kappa shape index (κ2) is 4.48. The highest BCUT2D eigenvalue weighted by Gasteiger charge is 2.44. The molecular weight excluding hydrogens is 206 g/mol. The molecular formula is C12H21NOS. The van der Waals surface area contributed by atoms with Crippen LogP contribution in [0.4, 0.5) is 0 Å². The van der Waals surface area contributed by atoms with Gasteiger partial charge in [-0.3, -0.25) is 0 Å². The monoisotopic (exact) mass is 227 g/mol. The van der Waals surface area contributed by atoms with Crippen LogP contribution in [0, 0.1) is 11.3 Å². The first-order valence-electron chi connectivity index (χ1n) is 5.95. The van der Waals surface area contributed by atoms with Crippen molar-refractivity contribution in [1.29, 1.82) is 0 Å². The molecule has 0 aliphatic heterocycles. The molecule has 0 aromatic carbocycles. The average Bonchev–Trinajstić information content (AvgIpc) is 2.97. The summed E-state index contributed by atoms with van der Waals surface area (Å²) in [4.78, 5) is 0. The molecule has 15 heavy (non-hydrogen) atoms. The van der Waals surface area contributed by atoms with Gasteiger partial charge in [-0.05, 0) is 62.9 Å². The van der Waals surface area contributed by atoms with Gasteiger partial charge in [-0.15, -0.1) is 0 Å². The van der Waals surface area contributed by atoms with Crippen molar-refractivity contribution in [3.05, 3.63) is 12.2 Å². The summed E-state index contributed by atoms with van der Waals surface area (Å²) < 4.78 is 11.0. The standard InChI is InChI=1S/C12H21NOS/c1-10(15(13)14)2-3-11-4-6-12(7-5-11)8-9-12/h2-3,10-11H,4-9,13H2,1H3. The Labute approximate surface area is 95.6 Å². The van der Waals surface area contributed by atoms with E-state index in [4.69, 9.17) is 5.14 Å². The van der Waals surface area contributed by atoms with Gasteiger partial charge in [-0.1, -0.05) is 6.08 Å². The molecule has 2 fully saturated rings. The highest BCUT2D eigenvalue weighted by Crippen LogP contribution is 2.57. The SMILES string of the molecule is CC(C=CC1CCC2(CC1)CC2)[S+](N)[O-]. The molecule has 0 bridgehead atoms. The third-order valence-electron chi connectivity index (χ3n) is 4.07. The van der Waals surface area contributed by atoms with Gasteiger partial charge in [0.25, 0.3) is 0 Å². The first-order chi connectivity index (χ1) is 7.11. The molecule has 0 amide bonds. The molecule has 2 aliphatic rings. The molecule has 2 atom stereocenters. The van der Waals surface area contributed by atoms with Gasteiger partial charge in [-0.25, -0.2) is 0 Å². The van der Waals surface area contributed by atoms with Gasteiger partial charge in [0.1, 0.15) is 0 Å². The van der Waals surface area contributed by atoms with E-state index in [0.29, 0.717) is 5.92 Å². The van der Waals surface area contributed by atoms with E-state index in [-0.39, 0.29) is 5.25 Å². The Balaban J connectivity index is 1.76. The number of hydrogen-bond acceptors (Lipinski definition) is 2. The topological polar surface area (TPSA) is 49.1 Å². The fourth-order valence-corrected chi connectivity index (χ4v) is 2.76. The number of hydrogen-bond donors (Lipinski definition) is 1. The van der Waals surface area contributed by atoms with Crippen LogP contribution in [0.3, 0.4) is 0 Å². The Morgan fingerprint density at radius 2 is 1.93 bits per heavy atom. The summed E-state index contributed by atoms with van der Waals surface area (Å²) in [5.74, 6) is 0.710. The molecule has 2 saturated carbocycles. The molecule has 3 heteroatoms. The van der Waals surface area contributed by atoms with Crippen LogP contribution >= 0.6 is 0 Å². The maximum absolute atomic E-state index is 11.0. The van der Waals surface area contributed by atoms with Crippen LogP contribution in [-0.2, 0) is 11.4 Å². The minimum absolute atomic E-state index is 0.00168. The maximum atomic E-state index is 11.0. The van der Waals surface area contributed by atoms with E-state index < -0.39 is 11.4 Å². The van der Waals surface area contributed by atoms with Gasteiger partial charge in [0.05, 0.1) is 0 Å². The van der Waals surface area contributed by atoms with Crippen LogP contribution in [0.5, 0.6) is 0 Å². The third kappa shape index (κ3) is 2.99. The van der Waals surface area contributed by atoms with Gasteiger partial charge < -0.3 is 4.55 Å². The normalized spacial score (nSPS) is 29.5. The first kappa shape index (κ1) is 11.5. The van der Waals surface area contributed by atoms with E-state index in [1.54, 1.807) is 0 Å². The number of rotatable bonds is 3. The van der Waals surface area contributed by atoms with Crippen LogP contribution in [0.2, 0.25) is 0 Å². The summed E-state index contributed by atoms with van der Waals surface area (Å²) in [6, 6.07) is 0. The van der Waals surface area contributed by atoms with Gasteiger partial charge >= 0.3 is 0 Å². The molecule has 0 aromatic heterocycles. The average molecular weight is 227 g/mol. The number of allylic oxidation sites excluding steroid dienone is 1. The molecule has 86 valence electrons. The molecule has 0 aromatic rings. The van der Waals surface area contributed by atoms with Crippen LogP contribution in [0.25, 0.3) is 0 Å². The van der Waals surface area contributed by atoms with Crippen molar-refractivity contribution in [3.63, 3.8) is 0 Å². The smallest absolute Gasteiger partial charge is 0.150 e. The van der Waals surface area contributed by atoms with Gasteiger partial charge in [0.15, 0.2) is 5.25 Å².